The summed E-state index contributed by atoms with van der Waals surface area (Å²) < 4.78 is 17.7. The van der Waals surface area contributed by atoms with Gasteiger partial charge in [0.1, 0.15) is 23.7 Å². The van der Waals surface area contributed by atoms with E-state index in [0.717, 1.165) is 17.3 Å². The summed E-state index contributed by atoms with van der Waals surface area (Å²) in [4.78, 5) is 18.4. The zero-order chi connectivity index (χ0) is 22.0. The first-order chi connectivity index (χ1) is 15.0. The van der Waals surface area contributed by atoms with Crippen LogP contribution in [0.15, 0.2) is 52.6 Å². The number of carboxylic acid groups (broad SMARTS) is 1. The Morgan fingerprint density at radius 1 is 1.32 bits per heavy atom. The minimum absolute atomic E-state index is 0.130. The fourth-order valence-electron chi connectivity index (χ4n) is 3.44. The number of thioether (sulfide) groups is 1. The minimum atomic E-state index is -1.28. The van der Waals surface area contributed by atoms with Gasteiger partial charge in [0.15, 0.2) is 12.0 Å². The highest BCUT2D eigenvalue weighted by Crippen LogP contribution is 2.40. The van der Waals surface area contributed by atoms with Gasteiger partial charge in [0, 0.05) is 21.6 Å². The van der Waals surface area contributed by atoms with Crippen molar-refractivity contribution < 1.29 is 29.2 Å². The average Bonchev–Trinajstić information content (AvgIpc) is 2.77. The van der Waals surface area contributed by atoms with Crippen LogP contribution in [-0.4, -0.2) is 57.6 Å². The molecular formula is C19H17ClN4O6S. The van der Waals surface area contributed by atoms with Crippen molar-refractivity contribution >= 4 is 29.3 Å². The number of nitrogens with zero attached hydrogens (tertiary/aromatic N) is 4. The lowest BCUT2D eigenvalue weighted by Crippen LogP contribution is -2.60. The molecule has 0 amide bonds. The molecule has 2 fully saturated rings. The van der Waals surface area contributed by atoms with Crippen LogP contribution >= 0.6 is 23.4 Å². The van der Waals surface area contributed by atoms with Crippen molar-refractivity contribution in [2.24, 2.45) is 5.11 Å². The number of aromatic nitrogens is 1. The van der Waals surface area contributed by atoms with Crippen molar-refractivity contribution in [2.75, 3.05) is 6.61 Å². The average molecular weight is 465 g/mol. The Balaban J connectivity index is 1.58. The summed E-state index contributed by atoms with van der Waals surface area (Å²) >= 11 is 6.89. The number of hydrogen-bond donors (Lipinski definition) is 2. The topological polar surface area (TPSA) is 147 Å². The molecule has 2 aliphatic heterocycles. The Hall–Kier alpha value is -2.37. The van der Waals surface area contributed by atoms with E-state index in [-0.39, 0.29) is 22.2 Å². The zero-order valence-corrected chi connectivity index (χ0v) is 17.4. The number of aliphatic hydroxyl groups is 1. The van der Waals surface area contributed by atoms with Gasteiger partial charge in [-0.2, -0.15) is 0 Å². The summed E-state index contributed by atoms with van der Waals surface area (Å²) in [6.45, 7) is 0.130. The number of carboxylic acids is 1. The van der Waals surface area contributed by atoms with Crippen LogP contribution in [0.3, 0.4) is 0 Å². The van der Waals surface area contributed by atoms with Gasteiger partial charge in [-0.25, -0.2) is 9.78 Å². The first-order valence-corrected chi connectivity index (χ1v) is 10.5. The molecule has 6 atom stereocenters. The second-order valence-corrected chi connectivity index (χ2v) is 8.41. The Labute approximate surface area is 185 Å². The summed E-state index contributed by atoms with van der Waals surface area (Å²) in [5.74, 6) is -1.25. The van der Waals surface area contributed by atoms with E-state index in [2.05, 4.69) is 15.0 Å². The molecular weight excluding hydrogens is 448 g/mol. The predicted octanol–water partition coefficient (Wildman–Crippen LogP) is 3.40. The second kappa shape index (κ2) is 9.41. The third kappa shape index (κ3) is 4.63. The maximum Gasteiger partial charge on any atom is 0.355 e. The van der Waals surface area contributed by atoms with Crippen molar-refractivity contribution in [1.82, 2.24) is 4.98 Å². The molecule has 10 nitrogen and oxygen atoms in total. The Kier molecular flexibility index (Phi) is 6.63. The number of aliphatic hydroxyl groups excluding tert-OH is 1. The molecule has 162 valence electrons. The van der Waals surface area contributed by atoms with E-state index in [9.17, 15) is 15.0 Å². The number of halogens is 1. The van der Waals surface area contributed by atoms with Gasteiger partial charge in [0.05, 0.1) is 17.7 Å². The molecule has 0 radical (unpaired) electrons. The molecule has 3 heterocycles. The summed E-state index contributed by atoms with van der Waals surface area (Å²) in [5.41, 5.74) is 8.64. The van der Waals surface area contributed by atoms with Gasteiger partial charge < -0.3 is 24.4 Å². The summed E-state index contributed by atoms with van der Waals surface area (Å²) in [5, 5.41) is 24.2. The molecule has 0 aliphatic carbocycles. The quantitative estimate of drug-likeness (QED) is 0.388. The predicted molar refractivity (Wildman–Crippen MR) is 110 cm³/mol. The van der Waals surface area contributed by atoms with Crippen LogP contribution in [0.2, 0.25) is 5.02 Å². The third-order valence-corrected chi connectivity index (χ3v) is 6.25. The van der Waals surface area contributed by atoms with Gasteiger partial charge in [-0.05, 0) is 11.6 Å². The molecule has 0 spiro atoms. The van der Waals surface area contributed by atoms with Gasteiger partial charge in [0.25, 0.3) is 0 Å². The van der Waals surface area contributed by atoms with Crippen LogP contribution in [0.5, 0.6) is 0 Å². The Morgan fingerprint density at radius 2 is 2.10 bits per heavy atom. The number of benzene rings is 1. The SMILES string of the molecule is [N-]=[N+]=NC1[C@H]2OC(c3ccccc3)OCC2O[C@H](Sc2cc(Cl)cnc2C(=O)O)[C@H]1O. The number of rotatable bonds is 5. The lowest BCUT2D eigenvalue weighted by Gasteiger charge is -2.46. The second-order valence-electron chi connectivity index (χ2n) is 6.83. The van der Waals surface area contributed by atoms with Gasteiger partial charge in [-0.1, -0.05) is 58.8 Å². The highest BCUT2D eigenvalue weighted by molar-refractivity contribution is 8.00. The highest BCUT2D eigenvalue weighted by atomic mass is 35.5. The number of carbonyl (C=O) groups is 1. The number of azide groups is 1. The van der Waals surface area contributed by atoms with Crippen LogP contribution in [0.25, 0.3) is 10.4 Å². The van der Waals surface area contributed by atoms with E-state index in [1.807, 2.05) is 30.3 Å². The maximum atomic E-state index is 11.5. The van der Waals surface area contributed by atoms with Crippen molar-refractivity contribution in [3.63, 3.8) is 0 Å². The molecule has 0 bridgehead atoms. The highest BCUT2D eigenvalue weighted by Gasteiger charge is 2.49. The lowest BCUT2D eigenvalue weighted by molar-refractivity contribution is -0.297. The van der Waals surface area contributed by atoms with E-state index in [4.69, 9.17) is 31.3 Å². The minimum Gasteiger partial charge on any atom is -0.476 e. The number of fused-ring (bicyclic) bond motifs is 1. The summed E-state index contributed by atoms with van der Waals surface area (Å²) in [6, 6.07) is 9.68. The number of pyridine rings is 1. The van der Waals surface area contributed by atoms with Crippen molar-refractivity contribution in [2.45, 2.75) is 41.0 Å². The Bertz CT molecular complexity index is 1010. The van der Waals surface area contributed by atoms with E-state index in [1.165, 1.54) is 12.3 Å². The molecule has 12 heteroatoms. The molecule has 1 aromatic carbocycles. The molecule has 2 aromatic rings. The summed E-state index contributed by atoms with van der Waals surface area (Å²) in [7, 11) is 0. The third-order valence-electron chi connectivity index (χ3n) is 4.86. The number of aromatic carboxylic acids is 1. The van der Waals surface area contributed by atoms with Crippen molar-refractivity contribution in [3.8, 4) is 0 Å². The number of ether oxygens (including phenoxy) is 3. The smallest absolute Gasteiger partial charge is 0.355 e. The fraction of sp³-hybridized carbons (Fsp3) is 0.368. The molecule has 2 aliphatic rings. The van der Waals surface area contributed by atoms with Crippen LogP contribution in [0.1, 0.15) is 22.3 Å². The van der Waals surface area contributed by atoms with Gasteiger partial charge >= 0.3 is 5.97 Å². The van der Waals surface area contributed by atoms with E-state index >= 15 is 0 Å². The van der Waals surface area contributed by atoms with E-state index in [0.29, 0.717) is 0 Å². The van der Waals surface area contributed by atoms with Gasteiger partial charge in [0.2, 0.25) is 0 Å². The molecule has 1 aromatic heterocycles. The fourth-order valence-corrected chi connectivity index (χ4v) is 4.86. The molecule has 31 heavy (non-hydrogen) atoms. The molecule has 3 unspecified atom stereocenters. The van der Waals surface area contributed by atoms with Gasteiger partial charge in [-0.3, -0.25) is 0 Å². The first kappa shape index (κ1) is 21.8. The molecule has 4 rings (SSSR count). The lowest BCUT2D eigenvalue weighted by atomic mass is 9.97. The van der Waals surface area contributed by atoms with E-state index < -0.39 is 42.0 Å². The molecule has 2 saturated heterocycles. The van der Waals surface area contributed by atoms with Crippen LogP contribution in [0.4, 0.5) is 0 Å². The Morgan fingerprint density at radius 3 is 2.81 bits per heavy atom. The largest absolute Gasteiger partial charge is 0.476 e. The number of hydrogen-bond acceptors (Lipinski definition) is 8. The van der Waals surface area contributed by atoms with Crippen LogP contribution in [0, 0.1) is 0 Å². The first-order valence-electron chi connectivity index (χ1n) is 9.23. The zero-order valence-electron chi connectivity index (χ0n) is 15.8. The normalized spacial score (nSPS) is 30.1. The molecule has 0 saturated carbocycles. The van der Waals surface area contributed by atoms with Crippen LogP contribution < -0.4 is 0 Å². The van der Waals surface area contributed by atoms with Crippen molar-refractivity contribution in [1.29, 1.82) is 0 Å². The standard InChI is InChI=1S/C19H17ClN4O6S/c20-10-6-12(13(17(26)27)22-7-10)31-19-15(25)14(23-24-21)16-11(29-19)8-28-18(30-16)9-4-2-1-3-5-9/h1-7,11,14-16,18-19,25H,8H2,(H,26,27)/t11?,14?,15-,16-,18?,19+/m0/s1. The van der Waals surface area contributed by atoms with E-state index in [1.54, 1.807) is 0 Å². The maximum absolute atomic E-state index is 11.5. The monoisotopic (exact) mass is 464 g/mol. The van der Waals surface area contributed by atoms with Crippen molar-refractivity contribution in [3.05, 3.63) is 69.3 Å². The van der Waals surface area contributed by atoms with Crippen LogP contribution in [-0.2, 0) is 14.2 Å². The summed E-state index contributed by atoms with van der Waals surface area (Å²) in [6.07, 6.45) is -2.15. The molecule has 2 N–H and O–H groups in total. The van der Waals surface area contributed by atoms with Gasteiger partial charge in [-0.15, -0.1) is 0 Å².